The van der Waals surface area contributed by atoms with Crippen LogP contribution in [0.25, 0.3) is 10.9 Å². The van der Waals surface area contributed by atoms with Gasteiger partial charge in [-0.15, -0.1) is 0 Å². The number of guanidine groups is 9. The number of para-hydroxylation sites is 1. The number of nitrogens with two attached hydrogens (primary N) is 10. The second-order valence-electron chi connectivity index (χ2n) is 34.9. The number of carbonyl (C=O) groups is 14. The van der Waals surface area contributed by atoms with Crippen LogP contribution in [-0.4, -0.2) is 253 Å². The summed E-state index contributed by atoms with van der Waals surface area (Å²) in [6, 6.07) is -2.55. The Hall–Kier alpha value is -14.1. The standard InChI is InChI=1S/C87H154N36O15/c1-47(2)37-64(123-72(132)48(3)4)70(130)43-54(38-55-45-116-58-22-7-6-21-57(55)58)77(137)121-63(27-16-36-115-87(105)106)69(129)44-56(46-124)78(138)122-62(26-15-35-114-86(103)104)68(128)42-53(20-11-31-110-82(95)96)76(136)120-61(25-14-34-113-85(101)102)67(127)41-52(19-10-30-109-81(93)94)75(135)119-60(24-13-33-112-84(99)100)66(126)40-51(18-9-29-108-80(91)92)74(134)118-59(23-12-32-111-83(97)98)65(125)39-50(17-8-28-107-79(89)90)73(133)117-49(5)71(88)131/h6-7,21-22,45,47-54,56,59-64,116,124H,8-20,23-44,46H2,1-5H3,(H2,88,131)(H,117,133)(H,118,134)(H,119,135)(H,120,136)(H,121,137)(H,122,138)(H,123,132)(H4,89,90,107)(H4,91,92,108)(H4,93,94,109)(H4,95,96,110)(H4,97,98,111)(H4,99,100,112)(H4,101,102,113)(H4,103,104,114)(H4,105,106,115)/t49?,50-,51-,52-,53-,54-,56-,59+,60+,61+,62+,63-,64?/m0/s1/i5D. The average Bonchev–Trinajstić information content (AvgIpc) is 1.69. The van der Waals surface area contributed by atoms with Gasteiger partial charge in [0.15, 0.2) is 88.3 Å². The number of aliphatic hydroxyl groups excluding tert-OH is 1. The van der Waals surface area contributed by atoms with Gasteiger partial charge >= 0.3 is 0 Å². The van der Waals surface area contributed by atoms with E-state index in [2.05, 4.69) is 90.1 Å². The summed E-state index contributed by atoms with van der Waals surface area (Å²) >= 11 is 0. The number of aromatic amines is 1. The van der Waals surface area contributed by atoms with Crippen LogP contribution in [0.4, 0.5) is 0 Å². The van der Waals surface area contributed by atoms with Crippen LogP contribution in [0.15, 0.2) is 30.5 Å². The third-order valence-corrected chi connectivity index (χ3v) is 22.5. The van der Waals surface area contributed by atoms with Gasteiger partial charge in [0.1, 0.15) is 6.04 Å². The Morgan fingerprint density at radius 3 is 0.826 bits per heavy atom. The molecule has 0 saturated carbocycles. The monoisotopic (exact) mass is 1940 g/mol. The van der Waals surface area contributed by atoms with E-state index in [1.165, 1.54) is 0 Å². The molecule has 0 bridgehead atoms. The maximum absolute atomic E-state index is 15.3. The van der Waals surface area contributed by atoms with Gasteiger partial charge in [0.2, 0.25) is 47.3 Å². The summed E-state index contributed by atoms with van der Waals surface area (Å²) in [6.45, 7) is 5.40. The number of Topliss-reactive ketones (excluding diaryl/α,β-unsaturated/α-hetero) is 6. The number of H-pyrrole nitrogens is 1. The Morgan fingerprint density at radius 2 is 0.565 bits per heavy atom. The van der Waals surface area contributed by atoms with Crippen molar-refractivity contribution in [2.75, 3.05) is 65.5 Å². The normalized spacial score (nSPS) is 14.0. The molecule has 2 unspecified atom stereocenters. The van der Waals surface area contributed by atoms with Gasteiger partial charge in [-0.3, -0.25) is 116 Å². The first-order chi connectivity index (χ1) is 65.7. The molecule has 0 aliphatic carbocycles. The number of primary amides is 1. The Balaban J connectivity index is 2.87. The summed E-state index contributed by atoms with van der Waals surface area (Å²) in [6.07, 6.45) is -2.76. The fraction of sp³-hybridized carbons (Fsp3) is 0.644. The summed E-state index contributed by atoms with van der Waals surface area (Å²) in [4.78, 5) is 207. The molecule has 0 aliphatic rings. The zero-order chi connectivity index (χ0) is 104. The van der Waals surface area contributed by atoms with Gasteiger partial charge < -0.3 is 152 Å². The van der Waals surface area contributed by atoms with E-state index in [1.54, 1.807) is 26.1 Å². The van der Waals surface area contributed by atoms with Crippen molar-refractivity contribution in [3.05, 3.63) is 36.0 Å². The first-order valence-corrected chi connectivity index (χ1v) is 46.4. The lowest BCUT2D eigenvalue weighted by Crippen LogP contribution is -2.50. The van der Waals surface area contributed by atoms with Gasteiger partial charge in [0.25, 0.3) is 0 Å². The summed E-state index contributed by atoms with van der Waals surface area (Å²) in [5.74, 6) is -23.5. The molecule has 0 aliphatic heterocycles. The van der Waals surface area contributed by atoms with Crippen LogP contribution in [0.2, 0.25) is 0 Å². The van der Waals surface area contributed by atoms with Gasteiger partial charge in [0.05, 0.1) is 48.8 Å². The number of hydrogen-bond acceptors (Lipinski definition) is 24. The first kappa shape index (κ1) is 118. The summed E-state index contributed by atoms with van der Waals surface area (Å²) in [7, 11) is 0. The molecule has 51 heteroatoms. The number of nitrogens with one attached hydrogen (secondary N) is 26. The largest absolute Gasteiger partial charge is 0.396 e. The van der Waals surface area contributed by atoms with Crippen LogP contribution in [0.3, 0.4) is 0 Å². The van der Waals surface area contributed by atoms with Crippen molar-refractivity contribution in [3.8, 4) is 0 Å². The fourth-order valence-electron chi connectivity index (χ4n) is 15.1. The predicted molar refractivity (Wildman–Crippen MR) is 523 cm³/mol. The van der Waals surface area contributed by atoms with Crippen LogP contribution in [0.1, 0.15) is 202 Å². The Kier molecular flexibility index (Phi) is 56.1. The van der Waals surface area contributed by atoms with Crippen molar-refractivity contribution in [2.45, 2.75) is 244 Å². The topological polar surface area (TPSA) is 942 Å². The Bertz CT molecular complexity index is 4460. The molecule has 1 heterocycles. The van der Waals surface area contributed by atoms with Crippen LogP contribution < -0.4 is 142 Å². The third-order valence-electron chi connectivity index (χ3n) is 22.5. The van der Waals surface area contributed by atoms with E-state index in [4.69, 9.17) is 107 Å². The van der Waals surface area contributed by atoms with Crippen molar-refractivity contribution in [1.82, 2.24) is 90.1 Å². The smallest absolute Gasteiger partial charge is 0.239 e. The number of ketones is 6. The minimum Gasteiger partial charge on any atom is -0.396 e. The van der Waals surface area contributed by atoms with Crippen molar-refractivity contribution in [2.24, 2.45) is 105 Å². The first-order valence-electron chi connectivity index (χ1n) is 47.1. The zero-order valence-corrected chi connectivity index (χ0v) is 79.6. The highest BCUT2D eigenvalue weighted by atomic mass is 16.3. The number of aliphatic hydroxyl groups is 1. The van der Waals surface area contributed by atoms with E-state index in [9.17, 15) is 48.3 Å². The van der Waals surface area contributed by atoms with E-state index in [0.29, 0.717) is 5.56 Å². The minimum absolute atomic E-state index is 0.00201. The molecule has 1 aromatic heterocycles. The minimum atomic E-state index is -1.63. The fourth-order valence-corrected chi connectivity index (χ4v) is 15.1. The van der Waals surface area contributed by atoms with Crippen LogP contribution in [0.5, 0.6) is 0 Å². The predicted octanol–water partition coefficient (Wildman–Crippen LogP) is -4.87. The van der Waals surface area contributed by atoms with Gasteiger partial charge in [-0.1, -0.05) is 45.9 Å². The lowest BCUT2D eigenvalue weighted by atomic mass is 9.88. The molecule has 51 nitrogen and oxygen atoms in total. The molecular formula is C87H154N36O15. The van der Waals surface area contributed by atoms with Crippen molar-refractivity contribution >= 4 is 146 Å². The molecule has 0 radical (unpaired) electrons. The number of rotatable bonds is 74. The van der Waals surface area contributed by atoms with Crippen LogP contribution in [0, 0.1) is 96.0 Å². The molecular weight excluding hydrogens is 1790 g/mol. The number of carbonyl (C=O) groups excluding carboxylic acids is 14. The molecule has 0 spiro atoms. The highest BCUT2D eigenvalue weighted by molar-refractivity contribution is 6.01. The van der Waals surface area contributed by atoms with E-state index in [-0.39, 0.29) is 205 Å². The van der Waals surface area contributed by atoms with E-state index in [0.717, 1.165) is 10.9 Å². The molecule has 772 valence electrons. The van der Waals surface area contributed by atoms with Crippen molar-refractivity contribution in [1.29, 1.82) is 48.7 Å². The van der Waals surface area contributed by atoms with Gasteiger partial charge in [-0.25, -0.2) is 0 Å². The number of amides is 8. The third kappa shape index (κ3) is 51.0. The highest BCUT2D eigenvalue weighted by Crippen LogP contribution is 2.27. The van der Waals surface area contributed by atoms with E-state index < -0.39 is 259 Å². The molecule has 2 rings (SSSR count). The van der Waals surface area contributed by atoms with Gasteiger partial charge in [-0.05, 0) is 153 Å². The second-order valence-corrected chi connectivity index (χ2v) is 34.9. The van der Waals surface area contributed by atoms with E-state index in [1.807, 2.05) is 32.0 Å². The maximum Gasteiger partial charge on any atom is 0.239 e. The zero-order valence-electron chi connectivity index (χ0n) is 80.6. The number of benzene rings is 1. The quantitative estimate of drug-likeness (QED) is 0.0168. The second kappa shape index (κ2) is 65.6. The average molecular weight is 1950 g/mol. The SMILES string of the molecule is [2H]CC(NC(=O)[C@@H](CCCNC(=N)N)CC(=O)[C@@H](CCCNC(=N)N)NC(=O)[C@@H](CCCNC(=N)N)CC(=O)[C@@H](CCCNC(=N)N)NC(=O)[C@@H](CCCNC(=N)N)CC(=O)[C@@H](CCCNC(=N)N)NC(=O)[C@@H](CCCNC(=N)N)CC(=O)[C@@H](CCCNC(=N)N)NC(=O)[C@H](CO)CC(=O)[C@H](CCCNC(=N)N)NC(=O)[C@H](CC(=O)C(CC(C)C)NC(=O)C(C)C)Cc1c[nH]c2ccccc12)C(N)=O. The van der Waals surface area contributed by atoms with Crippen LogP contribution in [-0.2, 0) is 73.5 Å². The number of hydrogen-bond donors (Lipinski definition) is 37. The lowest BCUT2D eigenvalue weighted by molar-refractivity contribution is -0.137. The van der Waals surface area contributed by atoms with Gasteiger partial charge in [-0.2, -0.15) is 0 Å². The molecule has 1 aromatic carbocycles. The molecule has 8 amide bonds. The molecule has 0 fully saturated rings. The van der Waals surface area contributed by atoms with Crippen molar-refractivity contribution < 1.29 is 73.6 Å². The summed E-state index contributed by atoms with van der Waals surface area (Å²) in [5.41, 5.74) is 57.3. The van der Waals surface area contributed by atoms with Crippen LogP contribution >= 0.6 is 0 Å². The molecule has 47 N–H and O–H groups in total. The summed E-state index contributed by atoms with van der Waals surface area (Å²) < 4.78 is 7.80. The van der Waals surface area contributed by atoms with E-state index >= 15 is 24.0 Å². The Morgan fingerprint density at radius 1 is 0.326 bits per heavy atom. The number of fused-ring (bicyclic) bond motifs is 1. The Labute approximate surface area is 805 Å². The number of aromatic nitrogens is 1. The van der Waals surface area contributed by atoms with Crippen molar-refractivity contribution in [3.63, 3.8) is 0 Å². The highest BCUT2D eigenvalue weighted by Gasteiger charge is 2.39. The molecule has 13 atom stereocenters. The summed E-state index contributed by atoms with van der Waals surface area (Å²) in [5, 5.41) is 124. The van der Waals surface area contributed by atoms with Gasteiger partial charge in [0, 0.05) is 151 Å². The molecule has 0 saturated heterocycles. The lowest BCUT2D eigenvalue weighted by Gasteiger charge is -2.27. The molecule has 2 aromatic rings. The molecule has 138 heavy (non-hydrogen) atoms. The maximum atomic E-state index is 15.3.